The molecule has 0 aromatic heterocycles. The van der Waals surface area contributed by atoms with Gasteiger partial charge in [-0.1, -0.05) is 11.6 Å². The molecule has 2 rings (SSSR count). The van der Waals surface area contributed by atoms with Crippen molar-refractivity contribution < 1.29 is 28.7 Å². The van der Waals surface area contributed by atoms with Crippen LogP contribution in [0.15, 0.2) is 18.2 Å². The highest BCUT2D eigenvalue weighted by atomic mass is 35.5. The largest absolute Gasteiger partial charge is 0.495 e. The van der Waals surface area contributed by atoms with Crippen molar-refractivity contribution in [2.45, 2.75) is 0 Å². The molecule has 0 unspecified atom stereocenters. The number of methoxy groups -OCH3 is 2. The Morgan fingerprint density at radius 3 is 2.48 bits per heavy atom. The third-order valence-corrected chi connectivity index (χ3v) is 3.63. The highest BCUT2D eigenvalue weighted by Gasteiger charge is 2.44. The number of amides is 5. The first-order valence-electron chi connectivity index (χ1n) is 7.18. The second-order valence-corrected chi connectivity index (χ2v) is 5.45. The number of halogens is 1. The van der Waals surface area contributed by atoms with Crippen molar-refractivity contribution in [3.05, 3.63) is 23.2 Å². The molecular formula is C15H16ClN3O6. The van der Waals surface area contributed by atoms with E-state index in [1.807, 2.05) is 0 Å². The van der Waals surface area contributed by atoms with Gasteiger partial charge in [0.1, 0.15) is 12.3 Å². The average molecular weight is 370 g/mol. The summed E-state index contributed by atoms with van der Waals surface area (Å²) < 4.78 is 9.88. The topological polar surface area (TPSA) is 105 Å². The van der Waals surface area contributed by atoms with Crippen LogP contribution in [0.5, 0.6) is 5.75 Å². The lowest BCUT2D eigenvalue weighted by molar-refractivity contribution is -0.143. The Morgan fingerprint density at radius 2 is 1.84 bits per heavy atom. The minimum Gasteiger partial charge on any atom is -0.495 e. The van der Waals surface area contributed by atoms with E-state index in [9.17, 15) is 19.2 Å². The number of nitrogens with zero attached hydrogens (tertiary/aromatic N) is 2. The monoisotopic (exact) mass is 369 g/mol. The number of hydrogen-bond donors (Lipinski definition) is 1. The molecule has 25 heavy (non-hydrogen) atoms. The highest BCUT2D eigenvalue weighted by molar-refractivity contribution is 6.45. The summed E-state index contributed by atoms with van der Waals surface area (Å²) in [5.41, 5.74) is 0.279. The zero-order valence-electron chi connectivity index (χ0n) is 13.6. The number of imide groups is 2. The maximum atomic E-state index is 12.2. The van der Waals surface area contributed by atoms with Crippen LogP contribution in [0.1, 0.15) is 0 Å². The quantitative estimate of drug-likeness (QED) is 0.561. The molecular weight excluding hydrogens is 354 g/mol. The molecule has 0 spiro atoms. The summed E-state index contributed by atoms with van der Waals surface area (Å²) in [7, 11) is 2.81. The minimum absolute atomic E-state index is 0.0693. The second kappa shape index (κ2) is 7.95. The van der Waals surface area contributed by atoms with Gasteiger partial charge in [0.15, 0.2) is 0 Å². The van der Waals surface area contributed by atoms with Crippen LogP contribution >= 0.6 is 11.6 Å². The summed E-state index contributed by atoms with van der Waals surface area (Å²) in [4.78, 5) is 49.3. The molecule has 1 N–H and O–H groups in total. The van der Waals surface area contributed by atoms with Crippen LogP contribution in [-0.2, 0) is 19.1 Å². The predicted octanol–water partition coefficient (Wildman–Crippen LogP) is 0.724. The first-order chi connectivity index (χ1) is 11.9. The van der Waals surface area contributed by atoms with Gasteiger partial charge in [-0.15, -0.1) is 0 Å². The van der Waals surface area contributed by atoms with Gasteiger partial charge in [0.2, 0.25) is 5.91 Å². The molecule has 134 valence electrons. The summed E-state index contributed by atoms with van der Waals surface area (Å²) in [6, 6.07) is 3.73. The predicted molar refractivity (Wildman–Crippen MR) is 87.3 cm³/mol. The number of urea groups is 1. The number of anilines is 1. The molecule has 0 radical (unpaired) electrons. The molecule has 5 amide bonds. The standard InChI is InChI=1S/C15H16ClN3O6/c1-24-6-5-18-13(21)14(22)19(15(18)23)8-12(20)17-10-7-9(16)3-4-11(10)25-2/h3-4,7H,5-6,8H2,1-2H3,(H,17,20). The first-order valence-corrected chi connectivity index (χ1v) is 7.56. The SMILES string of the molecule is COCCN1C(=O)C(=O)N(CC(=O)Nc2cc(Cl)ccc2OC)C1=O. The Labute approximate surface area is 148 Å². The maximum absolute atomic E-state index is 12.2. The summed E-state index contributed by atoms with van der Waals surface area (Å²) >= 11 is 5.87. The molecule has 1 saturated heterocycles. The lowest BCUT2D eigenvalue weighted by Crippen LogP contribution is -2.39. The Kier molecular flexibility index (Phi) is 5.94. The lowest BCUT2D eigenvalue weighted by Gasteiger charge is -2.15. The molecule has 1 aromatic rings. The van der Waals surface area contributed by atoms with Gasteiger partial charge in [0.05, 0.1) is 25.9 Å². The third kappa shape index (κ3) is 4.06. The second-order valence-electron chi connectivity index (χ2n) is 5.02. The van der Waals surface area contributed by atoms with Crippen molar-refractivity contribution >= 4 is 41.0 Å². The van der Waals surface area contributed by atoms with Crippen molar-refractivity contribution in [3.63, 3.8) is 0 Å². The van der Waals surface area contributed by atoms with E-state index in [-0.39, 0.29) is 18.8 Å². The van der Waals surface area contributed by atoms with E-state index in [2.05, 4.69) is 5.32 Å². The highest BCUT2D eigenvalue weighted by Crippen LogP contribution is 2.27. The molecule has 0 bridgehead atoms. The Morgan fingerprint density at radius 1 is 1.16 bits per heavy atom. The van der Waals surface area contributed by atoms with Crippen LogP contribution in [-0.4, -0.2) is 67.5 Å². The van der Waals surface area contributed by atoms with E-state index in [1.165, 1.54) is 20.3 Å². The maximum Gasteiger partial charge on any atom is 0.334 e. The average Bonchev–Trinajstić information content (AvgIpc) is 2.77. The van der Waals surface area contributed by atoms with Crippen molar-refractivity contribution in [1.82, 2.24) is 9.80 Å². The van der Waals surface area contributed by atoms with E-state index in [0.717, 1.165) is 4.90 Å². The van der Waals surface area contributed by atoms with Crippen molar-refractivity contribution in [2.75, 3.05) is 39.2 Å². The number of carbonyl (C=O) groups is 4. The van der Waals surface area contributed by atoms with E-state index < -0.39 is 30.3 Å². The number of nitrogens with one attached hydrogen (secondary N) is 1. The van der Waals surface area contributed by atoms with Gasteiger partial charge in [-0.3, -0.25) is 19.3 Å². The number of carbonyl (C=O) groups excluding carboxylic acids is 4. The van der Waals surface area contributed by atoms with Crippen molar-refractivity contribution in [3.8, 4) is 5.75 Å². The molecule has 9 nitrogen and oxygen atoms in total. The zero-order valence-corrected chi connectivity index (χ0v) is 14.3. The fourth-order valence-corrected chi connectivity index (χ4v) is 2.35. The van der Waals surface area contributed by atoms with Crippen LogP contribution in [0.25, 0.3) is 0 Å². The van der Waals surface area contributed by atoms with Gasteiger partial charge in [-0.2, -0.15) is 0 Å². The molecule has 10 heteroatoms. The van der Waals surface area contributed by atoms with Crippen LogP contribution < -0.4 is 10.1 Å². The van der Waals surface area contributed by atoms with Gasteiger partial charge in [0, 0.05) is 12.1 Å². The number of ether oxygens (including phenoxy) is 2. The van der Waals surface area contributed by atoms with Gasteiger partial charge < -0.3 is 14.8 Å². The van der Waals surface area contributed by atoms with Crippen LogP contribution in [0, 0.1) is 0 Å². The van der Waals surface area contributed by atoms with E-state index in [1.54, 1.807) is 12.1 Å². The summed E-state index contributed by atoms with van der Waals surface area (Å²) in [5.74, 6) is -2.37. The fraction of sp³-hybridized carbons (Fsp3) is 0.333. The Bertz CT molecular complexity index is 723. The fourth-order valence-electron chi connectivity index (χ4n) is 2.18. The van der Waals surface area contributed by atoms with Gasteiger partial charge in [0.25, 0.3) is 0 Å². The van der Waals surface area contributed by atoms with Crippen LogP contribution in [0.3, 0.4) is 0 Å². The number of hydrogen-bond acceptors (Lipinski definition) is 6. The Balaban J connectivity index is 2.08. The minimum atomic E-state index is -1.06. The summed E-state index contributed by atoms with van der Waals surface area (Å²) in [5, 5.41) is 2.86. The smallest absolute Gasteiger partial charge is 0.334 e. The van der Waals surface area contributed by atoms with E-state index in [4.69, 9.17) is 21.1 Å². The van der Waals surface area contributed by atoms with Gasteiger partial charge >= 0.3 is 17.8 Å². The zero-order chi connectivity index (χ0) is 18.6. The Hall–Kier alpha value is -2.65. The molecule has 1 aliphatic heterocycles. The molecule has 1 fully saturated rings. The van der Waals surface area contributed by atoms with Crippen LogP contribution in [0.2, 0.25) is 5.02 Å². The normalized spacial score (nSPS) is 14.3. The van der Waals surface area contributed by atoms with Gasteiger partial charge in [-0.25, -0.2) is 9.69 Å². The third-order valence-electron chi connectivity index (χ3n) is 3.39. The molecule has 1 aliphatic rings. The first kappa shape index (κ1) is 18.7. The number of benzene rings is 1. The lowest BCUT2D eigenvalue weighted by atomic mass is 10.3. The van der Waals surface area contributed by atoms with Gasteiger partial charge in [-0.05, 0) is 18.2 Å². The van der Waals surface area contributed by atoms with Crippen LogP contribution in [0.4, 0.5) is 10.5 Å². The number of rotatable bonds is 7. The van der Waals surface area contributed by atoms with E-state index >= 15 is 0 Å². The van der Waals surface area contributed by atoms with E-state index in [0.29, 0.717) is 15.7 Å². The summed E-state index contributed by atoms with van der Waals surface area (Å²) in [6.45, 7) is -0.590. The van der Waals surface area contributed by atoms with Crippen molar-refractivity contribution in [2.24, 2.45) is 0 Å². The molecule has 0 saturated carbocycles. The molecule has 0 aliphatic carbocycles. The molecule has 0 atom stereocenters. The van der Waals surface area contributed by atoms with Crippen molar-refractivity contribution in [1.29, 1.82) is 0 Å². The molecule has 1 heterocycles. The summed E-state index contributed by atoms with van der Waals surface area (Å²) in [6.07, 6.45) is 0. The molecule has 1 aromatic carbocycles.